The van der Waals surface area contributed by atoms with Gasteiger partial charge in [0.15, 0.2) is 0 Å². The Labute approximate surface area is 160 Å². The Morgan fingerprint density at radius 2 is 1.19 bits per heavy atom. The van der Waals surface area contributed by atoms with E-state index in [1.54, 1.807) is 6.08 Å². The van der Waals surface area contributed by atoms with E-state index in [1.165, 1.54) is 57.8 Å². The molecule has 4 heteroatoms. The van der Waals surface area contributed by atoms with Crippen LogP contribution >= 0.6 is 0 Å². The third-order valence-corrected chi connectivity index (χ3v) is 4.17. The highest BCUT2D eigenvalue weighted by molar-refractivity contribution is 5.82. The third-order valence-electron chi connectivity index (χ3n) is 4.17. The molecule has 152 valence electrons. The molecule has 26 heavy (non-hydrogen) atoms. The normalized spacial score (nSPS) is 11.8. The first-order valence-electron chi connectivity index (χ1n) is 10.4. The van der Waals surface area contributed by atoms with E-state index < -0.39 is 11.6 Å². The lowest BCUT2D eigenvalue weighted by atomic mass is 10.0. The largest absolute Gasteiger partial charge is 0.481 e. The molecule has 0 saturated carbocycles. The predicted octanol–water partition coefficient (Wildman–Crippen LogP) is 6.43. The van der Waals surface area contributed by atoms with Crippen LogP contribution in [0, 0.1) is 0 Å². The van der Waals surface area contributed by atoms with Gasteiger partial charge in [-0.3, -0.25) is 4.79 Å². The van der Waals surface area contributed by atoms with Crippen molar-refractivity contribution in [1.29, 1.82) is 0 Å². The number of hydrogen-bond donors (Lipinski definition) is 1. The van der Waals surface area contributed by atoms with Crippen LogP contribution in [0.15, 0.2) is 12.2 Å². The molecule has 0 aromatic rings. The fraction of sp³-hybridized carbons (Fsp3) is 0.818. The molecule has 1 N–H and O–H groups in total. The number of carboxylic acids is 1. The average molecular weight is 369 g/mol. The molecule has 0 fully saturated rings. The SMILES string of the molecule is CC(C)(C)OC(=O)C=CCCCCCCCCCCCCCCC(=O)O. The summed E-state index contributed by atoms with van der Waals surface area (Å²) < 4.78 is 5.22. The van der Waals surface area contributed by atoms with Crippen molar-refractivity contribution in [2.24, 2.45) is 0 Å². The molecule has 0 bridgehead atoms. The highest BCUT2D eigenvalue weighted by atomic mass is 16.6. The van der Waals surface area contributed by atoms with Crippen LogP contribution in [0.2, 0.25) is 0 Å². The molecule has 0 aliphatic carbocycles. The van der Waals surface area contributed by atoms with E-state index in [4.69, 9.17) is 9.84 Å². The summed E-state index contributed by atoms with van der Waals surface area (Å²) in [5.41, 5.74) is -0.415. The molecule has 4 nitrogen and oxygen atoms in total. The number of hydrogen-bond acceptors (Lipinski definition) is 3. The Morgan fingerprint density at radius 3 is 1.62 bits per heavy atom. The number of carbonyl (C=O) groups excluding carboxylic acids is 1. The number of ether oxygens (including phenoxy) is 1. The maximum absolute atomic E-state index is 11.5. The molecule has 0 atom stereocenters. The van der Waals surface area contributed by atoms with Crippen molar-refractivity contribution in [2.45, 2.75) is 116 Å². The lowest BCUT2D eigenvalue weighted by Gasteiger charge is -2.17. The molecule has 0 rings (SSSR count). The quantitative estimate of drug-likeness (QED) is 0.194. The standard InChI is InChI=1S/C22H40O4/c1-22(2,3)26-21(25)19-17-15-13-11-9-7-5-4-6-8-10-12-14-16-18-20(23)24/h17,19H,4-16,18H2,1-3H3,(H,23,24). The van der Waals surface area contributed by atoms with Crippen molar-refractivity contribution in [3.8, 4) is 0 Å². The Kier molecular flexibility index (Phi) is 15.1. The summed E-state index contributed by atoms with van der Waals surface area (Å²) in [5, 5.41) is 8.55. The maximum Gasteiger partial charge on any atom is 0.330 e. The number of unbranched alkanes of at least 4 members (excludes halogenated alkanes) is 12. The van der Waals surface area contributed by atoms with Gasteiger partial charge in [-0.05, 0) is 40.0 Å². The Bertz CT molecular complexity index is 393. The number of carboxylic acid groups (broad SMARTS) is 1. The van der Waals surface area contributed by atoms with Crippen LogP contribution < -0.4 is 0 Å². The van der Waals surface area contributed by atoms with Crippen LogP contribution in [-0.2, 0) is 14.3 Å². The molecular weight excluding hydrogens is 328 g/mol. The van der Waals surface area contributed by atoms with Gasteiger partial charge in [0.1, 0.15) is 5.60 Å². The van der Waals surface area contributed by atoms with E-state index >= 15 is 0 Å². The molecule has 0 saturated heterocycles. The summed E-state index contributed by atoms with van der Waals surface area (Å²) in [6.45, 7) is 5.63. The minimum atomic E-state index is -0.677. The van der Waals surface area contributed by atoms with Crippen LogP contribution in [-0.4, -0.2) is 22.6 Å². The first-order valence-corrected chi connectivity index (χ1v) is 10.4. The van der Waals surface area contributed by atoms with E-state index in [2.05, 4.69) is 0 Å². The van der Waals surface area contributed by atoms with E-state index in [-0.39, 0.29) is 5.97 Å². The first-order chi connectivity index (χ1) is 12.3. The summed E-state index contributed by atoms with van der Waals surface area (Å²) in [6.07, 6.45) is 19.2. The zero-order valence-corrected chi connectivity index (χ0v) is 17.2. The summed E-state index contributed by atoms with van der Waals surface area (Å²) >= 11 is 0. The van der Waals surface area contributed by atoms with E-state index in [0.717, 1.165) is 25.7 Å². The zero-order chi connectivity index (χ0) is 19.7. The second-order valence-corrected chi connectivity index (χ2v) is 8.11. The van der Waals surface area contributed by atoms with Gasteiger partial charge in [0.05, 0.1) is 0 Å². The summed E-state index contributed by atoms with van der Waals surface area (Å²) in [7, 11) is 0. The van der Waals surface area contributed by atoms with Gasteiger partial charge >= 0.3 is 11.9 Å². The molecular formula is C22H40O4. The molecule has 0 spiro atoms. The van der Waals surface area contributed by atoms with Crippen LogP contribution in [0.25, 0.3) is 0 Å². The second-order valence-electron chi connectivity index (χ2n) is 8.11. The van der Waals surface area contributed by atoms with E-state index in [1.807, 2.05) is 26.8 Å². The van der Waals surface area contributed by atoms with Crippen molar-refractivity contribution in [3.05, 3.63) is 12.2 Å². The van der Waals surface area contributed by atoms with Crippen LogP contribution in [0.3, 0.4) is 0 Å². The van der Waals surface area contributed by atoms with Crippen LogP contribution in [0.5, 0.6) is 0 Å². The van der Waals surface area contributed by atoms with E-state index in [0.29, 0.717) is 6.42 Å². The fourth-order valence-electron chi connectivity index (χ4n) is 2.82. The summed E-state index contributed by atoms with van der Waals surface area (Å²) in [6, 6.07) is 0. The van der Waals surface area contributed by atoms with Gasteiger partial charge in [-0.1, -0.05) is 70.3 Å². The maximum atomic E-state index is 11.5. The van der Waals surface area contributed by atoms with E-state index in [9.17, 15) is 9.59 Å². The zero-order valence-electron chi connectivity index (χ0n) is 17.2. The van der Waals surface area contributed by atoms with Crippen molar-refractivity contribution in [1.82, 2.24) is 0 Å². The first kappa shape index (κ1) is 24.7. The average Bonchev–Trinajstić information content (AvgIpc) is 2.52. The number of esters is 1. The Balaban J connectivity index is 3.24. The van der Waals surface area contributed by atoms with Gasteiger partial charge < -0.3 is 9.84 Å². The molecule has 0 aromatic heterocycles. The topological polar surface area (TPSA) is 63.6 Å². The summed E-state index contributed by atoms with van der Waals surface area (Å²) in [5.74, 6) is -0.927. The Hall–Kier alpha value is -1.32. The van der Waals surface area contributed by atoms with Gasteiger partial charge in [-0.25, -0.2) is 4.79 Å². The van der Waals surface area contributed by atoms with Crippen molar-refractivity contribution < 1.29 is 19.4 Å². The molecule has 0 aliphatic heterocycles. The van der Waals surface area contributed by atoms with Crippen molar-refractivity contribution in [3.63, 3.8) is 0 Å². The second kappa shape index (κ2) is 15.9. The summed E-state index contributed by atoms with van der Waals surface area (Å²) in [4.78, 5) is 21.9. The molecule has 0 amide bonds. The molecule has 0 heterocycles. The monoisotopic (exact) mass is 368 g/mol. The highest BCUT2D eigenvalue weighted by Gasteiger charge is 2.13. The van der Waals surface area contributed by atoms with Crippen molar-refractivity contribution in [2.75, 3.05) is 0 Å². The van der Waals surface area contributed by atoms with Gasteiger partial charge in [-0.15, -0.1) is 0 Å². The Morgan fingerprint density at radius 1 is 0.769 bits per heavy atom. The van der Waals surface area contributed by atoms with Gasteiger partial charge in [0.25, 0.3) is 0 Å². The minimum Gasteiger partial charge on any atom is -0.481 e. The lowest BCUT2D eigenvalue weighted by Crippen LogP contribution is -2.22. The molecule has 0 unspecified atom stereocenters. The van der Waals surface area contributed by atoms with Gasteiger partial charge in [0, 0.05) is 12.5 Å². The van der Waals surface area contributed by atoms with Gasteiger partial charge in [-0.2, -0.15) is 0 Å². The third kappa shape index (κ3) is 20.7. The highest BCUT2D eigenvalue weighted by Crippen LogP contribution is 2.13. The van der Waals surface area contributed by atoms with Gasteiger partial charge in [0.2, 0.25) is 0 Å². The molecule has 0 radical (unpaired) electrons. The number of allylic oxidation sites excluding steroid dienone is 1. The molecule has 0 aromatic carbocycles. The number of rotatable bonds is 16. The van der Waals surface area contributed by atoms with Crippen molar-refractivity contribution >= 4 is 11.9 Å². The molecule has 0 aliphatic rings. The number of aliphatic carboxylic acids is 1. The lowest BCUT2D eigenvalue weighted by molar-refractivity contribution is -0.148. The fourth-order valence-corrected chi connectivity index (χ4v) is 2.82. The predicted molar refractivity (Wildman–Crippen MR) is 107 cm³/mol. The smallest absolute Gasteiger partial charge is 0.330 e. The van der Waals surface area contributed by atoms with Crippen LogP contribution in [0.1, 0.15) is 111 Å². The van der Waals surface area contributed by atoms with Crippen LogP contribution in [0.4, 0.5) is 0 Å². The minimum absolute atomic E-state index is 0.251. The number of carbonyl (C=O) groups is 2.